The van der Waals surface area contributed by atoms with Crippen LogP contribution in [0.5, 0.6) is 0 Å². The van der Waals surface area contributed by atoms with Gasteiger partial charge in [-0.05, 0) is 19.8 Å². The van der Waals surface area contributed by atoms with Crippen molar-refractivity contribution < 1.29 is 5.11 Å². The maximum Gasteiger partial charge on any atom is 0.134 e. The first-order chi connectivity index (χ1) is 10.5. The van der Waals surface area contributed by atoms with E-state index in [2.05, 4.69) is 25.1 Å². The summed E-state index contributed by atoms with van der Waals surface area (Å²) in [5.74, 6) is 1.55. The Bertz CT molecular complexity index is 496. The van der Waals surface area contributed by atoms with Crippen LogP contribution in [0.15, 0.2) is 6.07 Å². The lowest BCUT2D eigenvalue weighted by Crippen LogP contribution is -2.54. The van der Waals surface area contributed by atoms with Crippen molar-refractivity contribution in [3.63, 3.8) is 0 Å². The van der Waals surface area contributed by atoms with Gasteiger partial charge in [-0.25, -0.2) is 9.97 Å². The van der Waals surface area contributed by atoms with Crippen LogP contribution >= 0.6 is 24.0 Å². The van der Waals surface area contributed by atoms with Crippen molar-refractivity contribution >= 4 is 29.8 Å². The number of nitrogens with zero attached hydrogens (tertiary/aromatic N) is 4. The van der Waals surface area contributed by atoms with Gasteiger partial charge in [0.2, 0.25) is 0 Å². The predicted molar refractivity (Wildman–Crippen MR) is 94.7 cm³/mol. The molecule has 130 valence electrons. The number of rotatable bonds is 3. The number of nitrogens with one attached hydrogen (secondary N) is 1. The zero-order valence-electron chi connectivity index (χ0n) is 13.5. The number of piperidine rings is 1. The Morgan fingerprint density at radius 3 is 2.48 bits per heavy atom. The van der Waals surface area contributed by atoms with Crippen molar-refractivity contribution in [2.75, 3.05) is 50.7 Å². The van der Waals surface area contributed by atoms with Crippen LogP contribution in [-0.2, 0) is 0 Å². The van der Waals surface area contributed by atoms with E-state index in [0.29, 0.717) is 11.0 Å². The number of anilines is 1. The van der Waals surface area contributed by atoms with Crippen LogP contribution in [0.4, 0.5) is 5.82 Å². The summed E-state index contributed by atoms with van der Waals surface area (Å²) in [6, 6.07) is 1.80. The Morgan fingerprint density at radius 2 is 1.87 bits per heavy atom. The van der Waals surface area contributed by atoms with Gasteiger partial charge in [0.1, 0.15) is 16.8 Å². The number of hydrogen-bond acceptors (Lipinski definition) is 6. The topological polar surface area (TPSA) is 64.5 Å². The minimum Gasteiger partial charge on any atom is -0.388 e. The quantitative estimate of drug-likeness (QED) is 0.785. The lowest BCUT2D eigenvalue weighted by molar-refractivity contribution is -0.0186. The first-order valence-corrected chi connectivity index (χ1v) is 8.33. The minimum absolute atomic E-state index is 0. The zero-order chi connectivity index (χ0) is 15.6. The molecule has 3 rings (SSSR count). The summed E-state index contributed by atoms with van der Waals surface area (Å²) in [6.45, 7) is 8.29. The van der Waals surface area contributed by atoms with Crippen molar-refractivity contribution in [1.29, 1.82) is 0 Å². The smallest absolute Gasteiger partial charge is 0.134 e. The van der Waals surface area contributed by atoms with E-state index < -0.39 is 5.60 Å². The Labute approximate surface area is 148 Å². The first-order valence-electron chi connectivity index (χ1n) is 7.96. The van der Waals surface area contributed by atoms with E-state index in [9.17, 15) is 5.11 Å². The zero-order valence-corrected chi connectivity index (χ0v) is 15.0. The molecule has 0 radical (unpaired) electrons. The van der Waals surface area contributed by atoms with Crippen LogP contribution in [0, 0.1) is 6.92 Å². The molecule has 0 unspecified atom stereocenters. The molecule has 2 N–H and O–H groups in total. The van der Waals surface area contributed by atoms with E-state index in [4.69, 9.17) is 11.6 Å². The molecule has 1 aromatic rings. The fourth-order valence-corrected chi connectivity index (χ4v) is 3.49. The molecule has 6 nitrogen and oxygen atoms in total. The lowest BCUT2D eigenvalue weighted by atomic mass is 9.90. The molecule has 0 bridgehead atoms. The van der Waals surface area contributed by atoms with E-state index in [-0.39, 0.29) is 12.4 Å². The second-order valence-corrected chi connectivity index (χ2v) is 6.72. The molecule has 0 aromatic carbocycles. The molecular weight excluding hydrogens is 337 g/mol. The molecule has 0 saturated carbocycles. The number of piperazine rings is 1. The van der Waals surface area contributed by atoms with Crippen molar-refractivity contribution in [1.82, 2.24) is 20.2 Å². The largest absolute Gasteiger partial charge is 0.388 e. The van der Waals surface area contributed by atoms with Gasteiger partial charge in [-0.15, -0.1) is 12.4 Å². The van der Waals surface area contributed by atoms with Gasteiger partial charge < -0.3 is 15.3 Å². The molecular formula is C15H25Cl2N5O. The van der Waals surface area contributed by atoms with E-state index in [1.165, 1.54) is 0 Å². The number of hydrogen-bond donors (Lipinski definition) is 2. The highest BCUT2D eigenvalue weighted by Gasteiger charge is 2.34. The Morgan fingerprint density at radius 1 is 1.22 bits per heavy atom. The van der Waals surface area contributed by atoms with Crippen LogP contribution in [0.25, 0.3) is 0 Å². The molecule has 1 aromatic heterocycles. The second kappa shape index (κ2) is 7.94. The highest BCUT2D eigenvalue weighted by Crippen LogP contribution is 2.27. The number of β-amino-alcohol motifs (C(OH)–C–C–N with tert-alkyl or cyclic N) is 1. The second-order valence-electron chi connectivity index (χ2n) is 6.33. The van der Waals surface area contributed by atoms with Crippen LogP contribution in [0.2, 0.25) is 5.15 Å². The van der Waals surface area contributed by atoms with E-state index in [1.807, 2.05) is 6.92 Å². The Balaban J connectivity index is 0.00000192. The summed E-state index contributed by atoms with van der Waals surface area (Å²) < 4.78 is 0. The standard InChI is InChI=1S/C15H24ClN5O.ClH/c1-12-18-13(16)10-14(19-12)21-6-2-15(22,3-7-21)11-20-8-4-17-5-9-20;/h10,17,22H,2-9,11H2,1H3;1H. The van der Waals surface area contributed by atoms with Crippen LogP contribution in [0.1, 0.15) is 18.7 Å². The molecule has 0 amide bonds. The first kappa shape index (κ1) is 18.7. The summed E-state index contributed by atoms with van der Waals surface area (Å²) in [4.78, 5) is 13.1. The van der Waals surface area contributed by atoms with Crippen LogP contribution < -0.4 is 10.2 Å². The number of halogens is 2. The minimum atomic E-state index is -0.584. The third-order valence-electron chi connectivity index (χ3n) is 4.54. The van der Waals surface area contributed by atoms with Crippen molar-refractivity contribution in [2.24, 2.45) is 0 Å². The normalized spacial score (nSPS) is 21.8. The fraction of sp³-hybridized carbons (Fsp3) is 0.733. The van der Waals surface area contributed by atoms with Gasteiger partial charge in [-0.3, -0.25) is 4.90 Å². The average Bonchev–Trinajstić information content (AvgIpc) is 2.47. The maximum absolute atomic E-state index is 10.8. The summed E-state index contributed by atoms with van der Waals surface area (Å²) in [5.41, 5.74) is -0.584. The molecule has 0 aliphatic carbocycles. The van der Waals surface area contributed by atoms with Crippen molar-refractivity contribution in [3.8, 4) is 0 Å². The van der Waals surface area contributed by atoms with Crippen molar-refractivity contribution in [2.45, 2.75) is 25.4 Å². The maximum atomic E-state index is 10.8. The third-order valence-corrected chi connectivity index (χ3v) is 4.73. The SMILES string of the molecule is Cc1nc(Cl)cc(N2CCC(O)(CN3CCNCC3)CC2)n1.Cl. The van der Waals surface area contributed by atoms with Gasteiger partial charge in [0.15, 0.2) is 0 Å². The summed E-state index contributed by atoms with van der Waals surface area (Å²) in [5, 5.41) is 14.7. The van der Waals surface area contributed by atoms with Crippen LogP contribution in [0.3, 0.4) is 0 Å². The molecule has 23 heavy (non-hydrogen) atoms. The van der Waals surface area contributed by atoms with Crippen molar-refractivity contribution in [3.05, 3.63) is 17.0 Å². The molecule has 0 atom stereocenters. The summed E-state index contributed by atoms with van der Waals surface area (Å²) >= 11 is 6.01. The fourth-order valence-electron chi connectivity index (χ4n) is 3.27. The van der Waals surface area contributed by atoms with Gasteiger partial charge in [0.05, 0.1) is 5.60 Å². The van der Waals surface area contributed by atoms with E-state index in [1.54, 1.807) is 6.07 Å². The van der Waals surface area contributed by atoms with Crippen LogP contribution in [-0.4, -0.2) is 71.4 Å². The van der Waals surface area contributed by atoms with E-state index in [0.717, 1.165) is 64.5 Å². The molecule has 2 fully saturated rings. The molecule has 2 saturated heterocycles. The number of aryl methyl sites for hydroxylation is 1. The van der Waals surface area contributed by atoms with Gasteiger partial charge in [0.25, 0.3) is 0 Å². The number of aromatic nitrogens is 2. The Kier molecular flexibility index (Phi) is 6.45. The summed E-state index contributed by atoms with van der Waals surface area (Å²) in [7, 11) is 0. The predicted octanol–water partition coefficient (Wildman–Crippen LogP) is 1.10. The van der Waals surface area contributed by atoms with Gasteiger partial charge >= 0.3 is 0 Å². The molecule has 8 heteroatoms. The molecule has 3 heterocycles. The molecule has 2 aliphatic heterocycles. The average molecular weight is 362 g/mol. The number of aliphatic hydroxyl groups is 1. The molecule has 0 spiro atoms. The summed E-state index contributed by atoms with van der Waals surface area (Å²) in [6.07, 6.45) is 1.52. The van der Waals surface area contributed by atoms with Gasteiger partial charge in [-0.1, -0.05) is 11.6 Å². The lowest BCUT2D eigenvalue weighted by Gasteiger charge is -2.42. The van der Waals surface area contributed by atoms with Gasteiger partial charge in [-0.2, -0.15) is 0 Å². The highest BCUT2D eigenvalue weighted by molar-refractivity contribution is 6.29. The highest BCUT2D eigenvalue weighted by atomic mass is 35.5. The third kappa shape index (κ3) is 4.90. The Hall–Kier alpha value is -0.660. The van der Waals surface area contributed by atoms with E-state index >= 15 is 0 Å². The monoisotopic (exact) mass is 361 g/mol. The molecule has 2 aliphatic rings. The van der Waals surface area contributed by atoms with Gasteiger partial charge in [0, 0.05) is 51.9 Å².